The number of carbonyl (C=O) groups excluding carboxylic acids is 1. The Morgan fingerprint density at radius 2 is 1.86 bits per heavy atom. The van der Waals surface area contributed by atoms with Gasteiger partial charge < -0.3 is 10.2 Å². The average molecular weight is 347 g/mol. The molecule has 4 heteroatoms. The summed E-state index contributed by atoms with van der Waals surface area (Å²) in [6.45, 7) is 0.754. The van der Waals surface area contributed by atoms with Crippen LogP contribution in [0.25, 0.3) is 0 Å². The third kappa shape index (κ3) is 4.69. The molecule has 3 nitrogen and oxygen atoms in total. The van der Waals surface area contributed by atoms with Crippen LogP contribution in [-0.2, 0) is 0 Å². The quantitative estimate of drug-likeness (QED) is 0.898. The van der Waals surface area contributed by atoms with E-state index in [0.717, 1.165) is 16.6 Å². The molecule has 0 fully saturated rings. The molecular formula is C17H19BrN2O. The zero-order valence-electron chi connectivity index (χ0n) is 12.2. The summed E-state index contributed by atoms with van der Waals surface area (Å²) in [5, 5.41) is 3.11. The second-order valence-electron chi connectivity index (χ2n) is 5.21. The first-order chi connectivity index (χ1) is 10.1. The van der Waals surface area contributed by atoms with Crippen molar-refractivity contribution in [3.63, 3.8) is 0 Å². The molecule has 1 amide bonds. The minimum absolute atomic E-state index is 0.0346. The van der Waals surface area contributed by atoms with Crippen molar-refractivity contribution in [1.82, 2.24) is 10.2 Å². The van der Waals surface area contributed by atoms with E-state index in [1.807, 2.05) is 68.7 Å². The van der Waals surface area contributed by atoms with Crippen LogP contribution in [0.1, 0.15) is 22.0 Å². The zero-order valence-corrected chi connectivity index (χ0v) is 13.8. The van der Waals surface area contributed by atoms with E-state index in [0.29, 0.717) is 5.56 Å². The number of rotatable bonds is 5. The summed E-state index contributed by atoms with van der Waals surface area (Å²) in [6, 6.07) is 17.4. The molecule has 2 aromatic rings. The molecule has 0 aliphatic heterocycles. The summed E-state index contributed by atoms with van der Waals surface area (Å²) in [7, 11) is 4.00. The molecule has 0 aliphatic rings. The number of hydrogen-bond acceptors (Lipinski definition) is 2. The highest BCUT2D eigenvalue weighted by atomic mass is 79.9. The summed E-state index contributed by atoms with van der Waals surface area (Å²) in [5.41, 5.74) is 1.76. The number of benzene rings is 2. The molecule has 1 N–H and O–H groups in total. The Balaban J connectivity index is 2.17. The zero-order chi connectivity index (χ0) is 15.2. The molecule has 0 bridgehead atoms. The fourth-order valence-corrected chi connectivity index (χ4v) is 2.56. The minimum Gasteiger partial charge on any atom is -0.344 e. The number of nitrogens with one attached hydrogen (secondary N) is 1. The van der Waals surface area contributed by atoms with Gasteiger partial charge in [0.1, 0.15) is 0 Å². The van der Waals surface area contributed by atoms with Crippen molar-refractivity contribution >= 4 is 21.8 Å². The molecule has 0 heterocycles. The second-order valence-corrected chi connectivity index (χ2v) is 6.12. The van der Waals surface area contributed by atoms with Gasteiger partial charge in [-0.25, -0.2) is 0 Å². The van der Waals surface area contributed by atoms with Gasteiger partial charge in [-0.15, -0.1) is 0 Å². The van der Waals surface area contributed by atoms with E-state index < -0.39 is 0 Å². The fraction of sp³-hybridized carbons (Fsp3) is 0.235. The van der Waals surface area contributed by atoms with Crippen molar-refractivity contribution < 1.29 is 4.79 Å². The molecule has 0 radical (unpaired) electrons. The van der Waals surface area contributed by atoms with Crippen LogP contribution in [0.5, 0.6) is 0 Å². The maximum Gasteiger partial charge on any atom is 0.251 e. The Kier molecular flexibility index (Phi) is 5.53. The summed E-state index contributed by atoms with van der Waals surface area (Å²) >= 11 is 3.39. The monoisotopic (exact) mass is 346 g/mol. The number of carbonyl (C=O) groups is 1. The van der Waals surface area contributed by atoms with Crippen molar-refractivity contribution in [3.05, 3.63) is 70.2 Å². The van der Waals surface area contributed by atoms with Crippen LogP contribution < -0.4 is 5.32 Å². The van der Waals surface area contributed by atoms with Gasteiger partial charge in [0.2, 0.25) is 0 Å². The highest BCUT2D eigenvalue weighted by Gasteiger charge is 2.16. The van der Waals surface area contributed by atoms with Crippen LogP contribution in [0.4, 0.5) is 0 Å². The third-order valence-electron chi connectivity index (χ3n) is 3.14. The lowest BCUT2D eigenvalue weighted by Crippen LogP contribution is -2.35. The Morgan fingerprint density at radius 3 is 2.48 bits per heavy atom. The van der Waals surface area contributed by atoms with Gasteiger partial charge in [0.15, 0.2) is 0 Å². The van der Waals surface area contributed by atoms with Crippen LogP contribution in [0.3, 0.4) is 0 Å². The van der Waals surface area contributed by atoms with Gasteiger partial charge in [-0.2, -0.15) is 0 Å². The highest BCUT2D eigenvalue weighted by molar-refractivity contribution is 9.10. The maximum absolute atomic E-state index is 12.4. The molecule has 0 aromatic heterocycles. The van der Waals surface area contributed by atoms with Crippen LogP contribution in [-0.4, -0.2) is 31.4 Å². The largest absolute Gasteiger partial charge is 0.344 e. The van der Waals surface area contributed by atoms with E-state index in [9.17, 15) is 4.79 Å². The topological polar surface area (TPSA) is 32.3 Å². The smallest absolute Gasteiger partial charge is 0.251 e. The van der Waals surface area contributed by atoms with E-state index in [1.165, 1.54) is 0 Å². The van der Waals surface area contributed by atoms with Crippen molar-refractivity contribution in [3.8, 4) is 0 Å². The van der Waals surface area contributed by atoms with E-state index in [1.54, 1.807) is 0 Å². The molecule has 1 atom stereocenters. The number of amides is 1. The predicted octanol–water partition coefficient (Wildman–Crippen LogP) is 3.48. The van der Waals surface area contributed by atoms with Gasteiger partial charge in [0.25, 0.3) is 5.91 Å². The first-order valence-electron chi connectivity index (χ1n) is 6.82. The van der Waals surface area contributed by atoms with E-state index in [4.69, 9.17) is 0 Å². The molecule has 2 rings (SSSR count). The molecule has 110 valence electrons. The van der Waals surface area contributed by atoms with Crippen molar-refractivity contribution in [2.45, 2.75) is 6.04 Å². The second kappa shape index (κ2) is 7.38. The van der Waals surface area contributed by atoms with Crippen LogP contribution >= 0.6 is 15.9 Å². The van der Waals surface area contributed by atoms with E-state index >= 15 is 0 Å². The summed E-state index contributed by atoms with van der Waals surface area (Å²) in [5.74, 6) is -0.0630. The normalized spacial score (nSPS) is 12.2. The lowest BCUT2D eigenvalue weighted by molar-refractivity contribution is 0.0930. The first kappa shape index (κ1) is 15.7. The summed E-state index contributed by atoms with van der Waals surface area (Å²) in [4.78, 5) is 14.5. The third-order valence-corrected chi connectivity index (χ3v) is 3.64. The highest BCUT2D eigenvalue weighted by Crippen LogP contribution is 2.16. The summed E-state index contributed by atoms with van der Waals surface area (Å²) in [6.07, 6.45) is 0. The maximum atomic E-state index is 12.4. The molecule has 0 unspecified atom stereocenters. The summed E-state index contributed by atoms with van der Waals surface area (Å²) < 4.78 is 0.902. The molecule has 0 saturated carbocycles. The first-order valence-corrected chi connectivity index (χ1v) is 7.61. The Morgan fingerprint density at radius 1 is 1.14 bits per heavy atom. The number of hydrogen-bond donors (Lipinski definition) is 1. The molecule has 0 saturated heterocycles. The lowest BCUT2D eigenvalue weighted by Gasteiger charge is -2.23. The lowest BCUT2D eigenvalue weighted by atomic mass is 10.1. The van der Waals surface area contributed by atoms with Gasteiger partial charge in [0.05, 0.1) is 6.04 Å². The van der Waals surface area contributed by atoms with E-state index in [-0.39, 0.29) is 11.9 Å². The predicted molar refractivity (Wildman–Crippen MR) is 89.3 cm³/mol. The molecule has 0 aliphatic carbocycles. The van der Waals surface area contributed by atoms with Crippen molar-refractivity contribution in [1.29, 1.82) is 0 Å². The number of nitrogens with zero attached hydrogens (tertiary/aromatic N) is 1. The number of likely N-dealkylation sites (N-methyl/N-ethyl adjacent to an activating group) is 1. The molecule has 21 heavy (non-hydrogen) atoms. The average Bonchev–Trinajstić information content (AvgIpc) is 2.47. The fourth-order valence-electron chi connectivity index (χ4n) is 2.16. The van der Waals surface area contributed by atoms with Crippen molar-refractivity contribution in [2.24, 2.45) is 0 Å². The van der Waals surface area contributed by atoms with Gasteiger partial charge >= 0.3 is 0 Å². The van der Waals surface area contributed by atoms with Gasteiger partial charge in [-0.3, -0.25) is 4.79 Å². The van der Waals surface area contributed by atoms with Crippen LogP contribution in [0, 0.1) is 0 Å². The van der Waals surface area contributed by atoms with Crippen molar-refractivity contribution in [2.75, 3.05) is 20.6 Å². The van der Waals surface area contributed by atoms with Gasteiger partial charge in [0, 0.05) is 16.6 Å². The van der Waals surface area contributed by atoms with E-state index in [2.05, 4.69) is 26.1 Å². The van der Waals surface area contributed by atoms with Gasteiger partial charge in [-0.05, 0) is 37.9 Å². The minimum atomic E-state index is -0.0630. The van der Waals surface area contributed by atoms with Crippen LogP contribution in [0.15, 0.2) is 59.1 Å². The Labute approximate surface area is 134 Å². The Bertz CT molecular complexity index is 599. The molecular weight excluding hydrogens is 328 g/mol. The number of halogens is 1. The molecule has 0 spiro atoms. The van der Waals surface area contributed by atoms with Gasteiger partial charge in [-0.1, -0.05) is 52.3 Å². The molecule has 2 aromatic carbocycles. The SMILES string of the molecule is CN(C)C[C@H](NC(=O)c1cccc(Br)c1)c1ccccc1. The van der Waals surface area contributed by atoms with Crippen LogP contribution in [0.2, 0.25) is 0 Å². The Hall–Kier alpha value is -1.65. The standard InChI is InChI=1S/C17H19BrN2O/c1-20(2)12-16(13-7-4-3-5-8-13)19-17(21)14-9-6-10-15(18)11-14/h3-11,16H,12H2,1-2H3,(H,19,21)/t16-/m0/s1.